The molecule has 0 saturated carbocycles. The molecule has 2 nitrogen and oxygen atoms in total. The second-order valence-electron chi connectivity index (χ2n) is 4.38. The van der Waals surface area contributed by atoms with E-state index in [1.165, 1.54) is 6.07 Å². The molecule has 1 heterocycles. The van der Waals surface area contributed by atoms with E-state index in [4.69, 9.17) is 4.74 Å². The number of benzene rings is 1. The van der Waals surface area contributed by atoms with E-state index in [9.17, 15) is 4.39 Å². The number of hydrogen-bond acceptors (Lipinski definition) is 3. The fraction of sp³-hybridized carbons (Fsp3) is 0.333. The van der Waals surface area contributed by atoms with Crippen molar-refractivity contribution in [3.05, 3.63) is 51.5 Å². The van der Waals surface area contributed by atoms with Crippen LogP contribution < -0.4 is 10.1 Å². The van der Waals surface area contributed by atoms with Crippen LogP contribution >= 0.6 is 11.3 Å². The second-order valence-corrected chi connectivity index (χ2v) is 5.32. The first-order chi connectivity index (χ1) is 9.15. The summed E-state index contributed by atoms with van der Waals surface area (Å²) in [6.07, 6.45) is 0. The number of rotatable bonds is 5. The maximum Gasteiger partial charge on any atom is 0.129 e. The Hall–Kier alpha value is -1.39. The van der Waals surface area contributed by atoms with Crippen LogP contribution in [0.25, 0.3) is 0 Å². The Bertz CT molecular complexity index is 553. The van der Waals surface area contributed by atoms with Crippen molar-refractivity contribution < 1.29 is 9.13 Å². The SMILES string of the molecule is CCNC(c1cc(OC)cs1)c1cc(F)ccc1C. The summed E-state index contributed by atoms with van der Waals surface area (Å²) in [5.41, 5.74) is 2.06. The minimum Gasteiger partial charge on any atom is -0.496 e. The topological polar surface area (TPSA) is 21.3 Å². The third kappa shape index (κ3) is 3.14. The van der Waals surface area contributed by atoms with Crippen molar-refractivity contribution in [1.29, 1.82) is 0 Å². The van der Waals surface area contributed by atoms with Gasteiger partial charge in [-0.3, -0.25) is 0 Å². The van der Waals surface area contributed by atoms with Crippen molar-refractivity contribution in [2.24, 2.45) is 0 Å². The lowest BCUT2D eigenvalue weighted by Crippen LogP contribution is -2.22. The summed E-state index contributed by atoms with van der Waals surface area (Å²) < 4.78 is 18.7. The van der Waals surface area contributed by atoms with Gasteiger partial charge in [0.1, 0.15) is 11.6 Å². The van der Waals surface area contributed by atoms with Gasteiger partial charge in [0.05, 0.1) is 13.2 Å². The van der Waals surface area contributed by atoms with Crippen LogP contribution in [0.15, 0.2) is 29.6 Å². The van der Waals surface area contributed by atoms with Crippen LogP contribution in [0.4, 0.5) is 4.39 Å². The van der Waals surface area contributed by atoms with E-state index >= 15 is 0 Å². The number of halogens is 1. The van der Waals surface area contributed by atoms with Gasteiger partial charge in [0.25, 0.3) is 0 Å². The Morgan fingerprint density at radius 2 is 2.16 bits per heavy atom. The van der Waals surface area contributed by atoms with Crippen molar-refractivity contribution in [2.75, 3.05) is 13.7 Å². The molecule has 0 bridgehead atoms. The molecule has 0 aliphatic carbocycles. The highest BCUT2D eigenvalue weighted by molar-refractivity contribution is 7.10. The molecule has 2 aromatic rings. The molecule has 1 aromatic heterocycles. The first kappa shape index (κ1) is 14.0. The highest BCUT2D eigenvalue weighted by Crippen LogP contribution is 2.32. The van der Waals surface area contributed by atoms with Gasteiger partial charge in [-0.05, 0) is 42.8 Å². The zero-order chi connectivity index (χ0) is 13.8. The van der Waals surface area contributed by atoms with E-state index in [1.54, 1.807) is 24.5 Å². The molecule has 0 fully saturated rings. The molecular formula is C15H18FNOS. The molecule has 1 N–H and O–H groups in total. The Morgan fingerprint density at radius 1 is 1.37 bits per heavy atom. The molecule has 1 unspecified atom stereocenters. The van der Waals surface area contributed by atoms with Crippen LogP contribution in [0.1, 0.15) is 29.0 Å². The predicted octanol–water partition coefficient (Wildman–Crippen LogP) is 3.90. The summed E-state index contributed by atoms with van der Waals surface area (Å²) in [5.74, 6) is 0.643. The standard InChI is InChI=1S/C15H18FNOS/c1-4-17-15(14-8-12(18-3)9-19-14)13-7-11(16)6-5-10(13)2/h5-9,15,17H,4H2,1-3H3. The van der Waals surface area contributed by atoms with E-state index in [0.29, 0.717) is 0 Å². The molecule has 1 aromatic carbocycles. The van der Waals surface area contributed by atoms with Gasteiger partial charge in [-0.25, -0.2) is 4.39 Å². The third-order valence-corrected chi connectivity index (χ3v) is 4.05. The van der Waals surface area contributed by atoms with Crippen molar-refractivity contribution in [1.82, 2.24) is 5.32 Å². The minimum atomic E-state index is -0.202. The van der Waals surface area contributed by atoms with Gasteiger partial charge in [-0.1, -0.05) is 13.0 Å². The number of aryl methyl sites for hydroxylation is 1. The quantitative estimate of drug-likeness (QED) is 0.896. The average Bonchev–Trinajstić information content (AvgIpc) is 2.88. The summed E-state index contributed by atoms with van der Waals surface area (Å²) in [4.78, 5) is 1.13. The van der Waals surface area contributed by atoms with Crippen molar-refractivity contribution in [2.45, 2.75) is 19.9 Å². The molecule has 2 rings (SSSR count). The second kappa shape index (κ2) is 6.17. The monoisotopic (exact) mass is 279 g/mol. The zero-order valence-corrected chi connectivity index (χ0v) is 12.2. The number of methoxy groups -OCH3 is 1. The lowest BCUT2D eigenvalue weighted by molar-refractivity contribution is 0.416. The Morgan fingerprint density at radius 3 is 2.79 bits per heavy atom. The van der Waals surface area contributed by atoms with Crippen LogP contribution in [0.5, 0.6) is 5.75 Å². The summed E-state index contributed by atoms with van der Waals surface area (Å²) >= 11 is 1.62. The molecular weight excluding hydrogens is 261 g/mol. The van der Waals surface area contributed by atoms with Crippen molar-refractivity contribution in [3.63, 3.8) is 0 Å². The van der Waals surface area contributed by atoms with E-state index < -0.39 is 0 Å². The maximum absolute atomic E-state index is 13.5. The Labute approximate surface area is 117 Å². The number of nitrogens with one attached hydrogen (secondary N) is 1. The Balaban J connectivity index is 2.41. The van der Waals surface area contributed by atoms with Crippen LogP contribution in [-0.4, -0.2) is 13.7 Å². The molecule has 102 valence electrons. The summed E-state index contributed by atoms with van der Waals surface area (Å²) in [5, 5.41) is 5.38. The number of hydrogen-bond donors (Lipinski definition) is 1. The molecule has 4 heteroatoms. The Kier molecular flexibility index (Phi) is 4.56. The molecule has 1 atom stereocenters. The lowest BCUT2D eigenvalue weighted by atomic mass is 9.99. The third-order valence-electron chi connectivity index (χ3n) is 3.08. The molecule has 0 aliphatic rings. The molecule has 0 radical (unpaired) electrons. The van der Waals surface area contributed by atoms with Gasteiger partial charge in [-0.15, -0.1) is 11.3 Å². The van der Waals surface area contributed by atoms with E-state index in [-0.39, 0.29) is 11.9 Å². The van der Waals surface area contributed by atoms with Gasteiger partial charge in [-0.2, -0.15) is 0 Å². The molecule has 0 aliphatic heterocycles. The highest BCUT2D eigenvalue weighted by atomic mass is 32.1. The number of ether oxygens (including phenoxy) is 1. The van der Waals surface area contributed by atoms with E-state index in [0.717, 1.165) is 28.3 Å². The summed E-state index contributed by atoms with van der Waals surface area (Å²) in [6, 6.07) is 6.93. The van der Waals surface area contributed by atoms with Crippen molar-refractivity contribution >= 4 is 11.3 Å². The molecule has 0 spiro atoms. The first-order valence-electron chi connectivity index (χ1n) is 6.27. The lowest BCUT2D eigenvalue weighted by Gasteiger charge is -2.19. The molecule has 0 amide bonds. The van der Waals surface area contributed by atoms with Crippen LogP contribution in [0.3, 0.4) is 0 Å². The minimum absolute atomic E-state index is 0.00889. The van der Waals surface area contributed by atoms with Crippen molar-refractivity contribution in [3.8, 4) is 5.75 Å². The number of thiophene rings is 1. The van der Waals surface area contributed by atoms with Gasteiger partial charge in [0, 0.05) is 10.3 Å². The van der Waals surface area contributed by atoms with Crippen LogP contribution in [0, 0.1) is 12.7 Å². The zero-order valence-electron chi connectivity index (χ0n) is 11.4. The maximum atomic E-state index is 13.5. The van der Waals surface area contributed by atoms with Gasteiger partial charge in [0.15, 0.2) is 0 Å². The van der Waals surface area contributed by atoms with Gasteiger partial charge in [0.2, 0.25) is 0 Å². The fourth-order valence-corrected chi connectivity index (χ4v) is 3.03. The predicted molar refractivity (Wildman–Crippen MR) is 77.5 cm³/mol. The summed E-state index contributed by atoms with van der Waals surface area (Å²) in [6.45, 7) is 4.87. The smallest absolute Gasteiger partial charge is 0.129 e. The first-order valence-corrected chi connectivity index (χ1v) is 7.15. The van der Waals surface area contributed by atoms with Gasteiger partial charge < -0.3 is 10.1 Å². The van der Waals surface area contributed by atoms with Gasteiger partial charge >= 0.3 is 0 Å². The van der Waals surface area contributed by atoms with E-state index in [2.05, 4.69) is 5.32 Å². The van der Waals surface area contributed by atoms with Crippen LogP contribution in [-0.2, 0) is 0 Å². The summed E-state index contributed by atoms with van der Waals surface area (Å²) in [7, 11) is 1.65. The molecule has 19 heavy (non-hydrogen) atoms. The molecule has 0 saturated heterocycles. The highest BCUT2D eigenvalue weighted by Gasteiger charge is 2.18. The van der Waals surface area contributed by atoms with E-state index in [1.807, 2.05) is 31.4 Å². The van der Waals surface area contributed by atoms with Crippen LogP contribution in [0.2, 0.25) is 0 Å². The average molecular weight is 279 g/mol. The largest absolute Gasteiger partial charge is 0.496 e. The normalized spacial score (nSPS) is 12.4. The fourth-order valence-electron chi connectivity index (χ4n) is 2.08.